The highest BCUT2D eigenvalue weighted by Crippen LogP contribution is 2.27. The molecule has 0 aliphatic carbocycles. The standard InChI is InChI=1S/C25H22N4S/c1-2-29-24(16-19-8-4-3-5-9-19)27-28-25(29)30-18-20-12-14-21(15-13-20)23-11-7-6-10-22(23)17-26/h3-15H,2,16,18H2,1H3. The van der Waals surface area contributed by atoms with Gasteiger partial charge in [0.2, 0.25) is 0 Å². The molecule has 0 saturated heterocycles. The molecule has 148 valence electrons. The first-order valence-corrected chi connectivity index (χ1v) is 10.9. The SMILES string of the molecule is CCn1c(Cc2ccccc2)nnc1SCc1ccc(-c2ccccc2C#N)cc1. The van der Waals surface area contributed by atoms with Crippen molar-refractivity contribution < 1.29 is 0 Å². The van der Waals surface area contributed by atoms with E-state index in [1.54, 1.807) is 11.8 Å². The number of hydrogen-bond acceptors (Lipinski definition) is 4. The first kappa shape index (κ1) is 19.9. The average Bonchev–Trinajstić information content (AvgIpc) is 3.20. The molecular weight excluding hydrogens is 388 g/mol. The minimum atomic E-state index is 0.696. The lowest BCUT2D eigenvalue weighted by molar-refractivity contribution is 0.651. The van der Waals surface area contributed by atoms with Gasteiger partial charge < -0.3 is 4.57 Å². The topological polar surface area (TPSA) is 54.5 Å². The summed E-state index contributed by atoms with van der Waals surface area (Å²) >= 11 is 1.70. The van der Waals surface area contributed by atoms with Gasteiger partial charge in [0.05, 0.1) is 11.6 Å². The van der Waals surface area contributed by atoms with Gasteiger partial charge in [-0.3, -0.25) is 0 Å². The minimum Gasteiger partial charge on any atom is -0.306 e. The fourth-order valence-corrected chi connectivity index (χ4v) is 4.39. The zero-order valence-corrected chi connectivity index (χ0v) is 17.6. The maximum absolute atomic E-state index is 9.32. The molecule has 0 N–H and O–H groups in total. The summed E-state index contributed by atoms with van der Waals surface area (Å²) < 4.78 is 2.19. The second kappa shape index (κ2) is 9.43. The predicted molar refractivity (Wildman–Crippen MR) is 121 cm³/mol. The summed E-state index contributed by atoms with van der Waals surface area (Å²) in [7, 11) is 0. The summed E-state index contributed by atoms with van der Waals surface area (Å²) in [6, 6.07) is 28.7. The van der Waals surface area contributed by atoms with Crippen LogP contribution in [0.3, 0.4) is 0 Å². The molecule has 0 radical (unpaired) electrons. The number of nitriles is 1. The molecule has 1 aromatic heterocycles. The van der Waals surface area contributed by atoms with Gasteiger partial charge in [-0.15, -0.1) is 10.2 Å². The molecule has 1 heterocycles. The Bertz CT molecular complexity index is 1160. The van der Waals surface area contributed by atoms with Crippen molar-refractivity contribution in [3.8, 4) is 17.2 Å². The van der Waals surface area contributed by atoms with Crippen molar-refractivity contribution in [3.63, 3.8) is 0 Å². The van der Waals surface area contributed by atoms with Gasteiger partial charge in [0.15, 0.2) is 5.16 Å². The average molecular weight is 411 g/mol. The van der Waals surface area contributed by atoms with Gasteiger partial charge in [-0.1, -0.05) is 84.6 Å². The monoisotopic (exact) mass is 410 g/mol. The van der Waals surface area contributed by atoms with E-state index in [1.165, 1.54) is 11.1 Å². The van der Waals surface area contributed by atoms with Gasteiger partial charge in [-0.2, -0.15) is 5.26 Å². The van der Waals surface area contributed by atoms with Crippen molar-refractivity contribution in [1.29, 1.82) is 5.26 Å². The van der Waals surface area contributed by atoms with E-state index in [0.29, 0.717) is 5.56 Å². The van der Waals surface area contributed by atoms with Gasteiger partial charge in [0, 0.05) is 18.7 Å². The molecule has 4 nitrogen and oxygen atoms in total. The van der Waals surface area contributed by atoms with Crippen LogP contribution in [0.4, 0.5) is 0 Å². The molecular formula is C25H22N4S. The van der Waals surface area contributed by atoms with E-state index < -0.39 is 0 Å². The first-order valence-electron chi connectivity index (χ1n) is 9.95. The second-order valence-electron chi connectivity index (χ2n) is 6.95. The number of hydrogen-bond donors (Lipinski definition) is 0. The van der Waals surface area contributed by atoms with Crippen LogP contribution in [-0.2, 0) is 18.7 Å². The Balaban J connectivity index is 1.45. The molecule has 0 aliphatic heterocycles. The lowest BCUT2D eigenvalue weighted by atomic mass is 10.00. The Morgan fingerprint density at radius 1 is 0.867 bits per heavy atom. The zero-order valence-electron chi connectivity index (χ0n) is 16.8. The summed E-state index contributed by atoms with van der Waals surface area (Å²) in [6.07, 6.45) is 0.787. The van der Waals surface area contributed by atoms with E-state index in [1.807, 2.05) is 30.3 Å². The van der Waals surface area contributed by atoms with Gasteiger partial charge >= 0.3 is 0 Å². The van der Waals surface area contributed by atoms with Crippen LogP contribution >= 0.6 is 11.8 Å². The third kappa shape index (κ3) is 4.45. The number of rotatable bonds is 7. The highest BCUT2D eigenvalue weighted by molar-refractivity contribution is 7.98. The van der Waals surface area contributed by atoms with Crippen LogP contribution in [0.25, 0.3) is 11.1 Å². The Labute approximate surface area is 181 Å². The molecule has 0 bridgehead atoms. The molecule has 0 saturated carbocycles. The van der Waals surface area contributed by atoms with Crippen LogP contribution in [0.15, 0.2) is 84.0 Å². The Morgan fingerprint density at radius 2 is 1.60 bits per heavy atom. The van der Waals surface area contributed by atoms with E-state index in [0.717, 1.165) is 40.8 Å². The van der Waals surface area contributed by atoms with E-state index in [2.05, 4.69) is 76.3 Å². The molecule has 30 heavy (non-hydrogen) atoms. The number of benzene rings is 3. The maximum atomic E-state index is 9.32. The predicted octanol–water partition coefficient (Wildman–Crippen LogP) is 5.72. The minimum absolute atomic E-state index is 0.696. The Hall–Kier alpha value is -3.36. The molecule has 0 aliphatic rings. The number of thioether (sulfide) groups is 1. The zero-order chi connectivity index (χ0) is 20.8. The van der Waals surface area contributed by atoms with E-state index in [-0.39, 0.29) is 0 Å². The third-order valence-corrected chi connectivity index (χ3v) is 6.03. The van der Waals surface area contributed by atoms with Gasteiger partial charge in [0.25, 0.3) is 0 Å². The van der Waals surface area contributed by atoms with Gasteiger partial charge in [-0.25, -0.2) is 0 Å². The van der Waals surface area contributed by atoms with Crippen LogP contribution in [0.5, 0.6) is 0 Å². The Morgan fingerprint density at radius 3 is 2.33 bits per heavy atom. The largest absolute Gasteiger partial charge is 0.306 e. The quantitative estimate of drug-likeness (QED) is 0.366. The van der Waals surface area contributed by atoms with Crippen molar-refractivity contribution in [3.05, 3.63) is 101 Å². The lowest BCUT2D eigenvalue weighted by Crippen LogP contribution is -2.04. The highest BCUT2D eigenvalue weighted by atomic mass is 32.2. The highest BCUT2D eigenvalue weighted by Gasteiger charge is 2.12. The molecule has 0 fully saturated rings. The van der Waals surface area contributed by atoms with Crippen LogP contribution < -0.4 is 0 Å². The normalized spacial score (nSPS) is 10.7. The van der Waals surface area contributed by atoms with Gasteiger partial charge in [-0.05, 0) is 35.2 Å². The van der Waals surface area contributed by atoms with Crippen LogP contribution in [-0.4, -0.2) is 14.8 Å². The van der Waals surface area contributed by atoms with Crippen molar-refractivity contribution in [2.75, 3.05) is 0 Å². The van der Waals surface area contributed by atoms with Gasteiger partial charge in [0.1, 0.15) is 5.82 Å². The molecule has 0 unspecified atom stereocenters. The molecule has 4 rings (SSSR count). The summed E-state index contributed by atoms with van der Waals surface area (Å²) in [4.78, 5) is 0. The fraction of sp³-hybridized carbons (Fsp3) is 0.160. The van der Waals surface area contributed by atoms with Crippen LogP contribution in [0, 0.1) is 11.3 Å². The van der Waals surface area contributed by atoms with E-state index in [4.69, 9.17) is 0 Å². The Kier molecular flexibility index (Phi) is 6.26. The molecule has 5 heteroatoms. The number of aromatic nitrogens is 3. The molecule has 3 aromatic carbocycles. The molecule has 0 amide bonds. The molecule has 0 atom stereocenters. The smallest absolute Gasteiger partial charge is 0.191 e. The van der Waals surface area contributed by atoms with Crippen molar-refractivity contribution >= 4 is 11.8 Å². The second-order valence-corrected chi connectivity index (χ2v) is 7.89. The lowest BCUT2D eigenvalue weighted by Gasteiger charge is -2.08. The molecule has 0 spiro atoms. The summed E-state index contributed by atoms with van der Waals surface area (Å²) in [5.74, 6) is 1.82. The van der Waals surface area contributed by atoms with E-state index in [9.17, 15) is 5.26 Å². The van der Waals surface area contributed by atoms with Crippen LogP contribution in [0.2, 0.25) is 0 Å². The number of nitrogens with zero attached hydrogens (tertiary/aromatic N) is 4. The van der Waals surface area contributed by atoms with Crippen molar-refractivity contribution in [1.82, 2.24) is 14.8 Å². The fourth-order valence-electron chi connectivity index (χ4n) is 3.41. The van der Waals surface area contributed by atoms with E-state index >= 15 is 0 Å². The molecule has 4 aromatic rings. The third-order valence-electron chi connectivity index (χ3n) is 5.00. The summed E-state index contributed by atoms with van der Waals surface area (Å²) in [5, 5.41) is 19.1. The van der Waals surface area contributed by atoms with Crippen molar-refractivity contribution in [2.45, 2.75) is 30.8 Å². The first-order chi connectivity index (χ1) is 14.8. The maximum Gasteiger partial charge on any atom is 0.191 e. The summed E-state index contributed by atoms with van der Waals surface area (Å²) in [5.41, 5.74) is 5.18. The summed E-state index contributed by atoms with van der Waals surface area (Å²) in [6.45, 7) is 2.98. The van der Waals surface area contributed by atoms with Crippen molar-refractivity contribution in [2.24, 2.45) is 0 Å². The van der Waals surface area contributed by atoms with Crippen LogP contribution in [0.1, 0.15) is 29.4 Å².